The van der Waals surface area contributed by atoms with Crippen molar-refractivity contribution in [2.24, 2.45) is 0 Å². The molecular formula is C15H16N6O2. The van der Waals surface area contributed by atoms with E-state index in [4.69, 9.17) is 0 Å². The first-order chi connectivity index (χ1) is 11.2. The summed E-state index contributed by atoms with van der Waals surface area (Å²) in [7, 11) is 0. The number of rotatable bonds is 2. The molecule has 0 spiro atoms. The van der Waals surface area contributed by atoms with Crippen LogP contribution >= 0.6 is 0 Å². The topological polar surface area (TPSA) is 87.4 Å². The number of imidazole rings is 1. The zero-order valence-corrected chi connectivity index (χ0v) is 12.4. The fourth-order valence-corrected chi connectivity index (χ4v) is 2.85. The second-order valence-corrected chi connectivity index (χ2v) is 5.45. The predicted octanol–water partition coefficient (Wildman–Crippen LogP) is -0.417. The van der Waals surface area contributed by atoms with Crippen LogP contribution in [-0.2, 0) is 0 Å². The fraction of sp³-hybridized carbons (Fsp3) is 0.267. The van der Waals surface area contributed by atoms with Gasteiger partial charge in [-0.3, -0.25) is 18.7 Å². The van der Waals surface area contributed by atoms with Crippen LogP contribution in [0.15, 0.2) is 46.4 Å². The highest BCUT2D eigenvalue weighted by Crippen LogP contribution is 2.19. The van der Waals surface area contributed by atoms with Gasteiger partial charge in [0, 0.05) is 56.4 Å². The summed E-state index contributed by atoms with van der Waals surface area (Å²) in [5, 5.41) is 3.33. The van der Waals surface area contributed by atoms with Gasteiger partial charge in [0.2, 0.25) is 0 Å². The maximum Gasteiger partial charge on any atom is 0.334 e. The molecule has 4 heterocycles. The molecule has 1 fully saturated rings. The highest BCUT2D eigenvalue weighted by molar-refractivity contribution is 5.58. The smallest absolute Gasteiger partial charge is 0.334 e. The number of pyridine rings is 1. The van der Waals surface area contributed by atoms with Gasteiger partial charge in [-0.1, -0.05) is 0 Å². The molecule has 118 valence electrons. The Morgan fingerprint density at radius 1 is 1.09 bits per heavy atom. The first-order valence-corrected chi connectivity index (χ1v) is 7.47. The Kier molecular flexibility index (Phi) is 3.23. The summed E-state index contributed by atoms with van der Waals surface area (Å²) < 4.78 is 3.19. The molecular weight excluding hydrogens is 296 g/mol. The summed E-state index contributed by atoms with van der Waals surface area (Å²) in [6.45, 7) is 3.86. The molecule has 0 saturated carbocycles. The van der Waals surface area contributed by atoms with Gasteiger partial charge < -0.3 is 10.2 Å². The first kappa shape index (κ1) is 13.8. The van der Waals surface area contributed by atoms with Crippen LogP contribution in [0.1, 0.15) is 0 Å². The lowest BCUT2D eigenvalue weighted by Gasteiger charge is -2.29. The van der Waals surface area contributed by atoms with Crippen LogP contribution in [-0.4, -0.2) is 45.1 Å². The lowest BCUT2D eigenvalue weighted by atomic mass is 10.3. The average Bonchev–Trinajstić information content (AvgIpc) is 2.99. The van der Waals surface area contributed by atoms with Gasteiger partial charge in [-0.15, -0.1) is 0 Å². The van der Waals surface area contributed by atoms with Gasteiger partial charge in [0.1, 0.15) is 11.5 Å². The van der Waals surface area contributed by atoms with Crippen molar-refractivity contribution >= 4 is 11.3 Å². The van der Waals surface area contributed by atoms with Crippen LogP contribution in [0.2, 0.25) is 0 Å². The zero-order chi connectivity index (χ0) is 15.8. The van der Waals surface area contributed by atoms with Gasteiger partial charge in [-0.2, -0.15) is 0 Å². The second-order valence-electron chi connectivity index (χ2n) is 5.45. The Morgan fingerprint density at radius 2 is 1.91 bits per heavy atom. The third kappa shape index (κ3) is 2.42. The highest BCUT2D eigenvalue weighted by Gasteiger charge is 2.13. The Bertz CT molecular complexity index is 964. The molecule has 1 aliphatic heterocycles. The molecule has 23 heavy (non-hydrogen) atoms. The molecule has 2 N–H and O–H groups in total. The summed E-state index contributed by atoms with van der Waals surface area (Å²) >= 11 is 0. The first-order valence-electron chi connectivity index (χ1n) is 7.47. The zero-order valence-electron chi connectivity index (χ0n) is 12.4. The lowest BCUT2D eigenvalue weighted by molar-refractivity contribution is 0.589. The number of hydrogen-bond donors (Lipinski definition) is 2. The number of anilines is 1. The molecule has 1 saturated heterocycles. The van der Waals surface area contributed by atoms with Crippen LogP contribution in [0.4, 0.5) is 5.69 Å². The monoisotopic (exact) mass is 312 g/mol. The van der Waals surface area contributed by atoms with Gasteiger partial charge >= 0.3 is 5.69 Å². The van der Waals surface area contributed by atoms with E-state index in [2.05, 4.69) is 20.2 Å². The van der Waals surface area contributed by atoms with Crippen LogP contribution in [0, 0.1) is 0 Å². The molecule has 3 aromatic heterocycles. The van der Waals surface area contributed by atoms with Crippen LogP contribution in [0.3, 0.4) is 0 Å². The minimum atomic E-state index is -0.481. The predicted molar refractivity (Wildman–Crippen MR) is 86.5 cm³/mol. The van der Waals surface area contributed by atoms with Gasteiger partial charge in [0.15, 0.2) is 0 Å². The second kappa shape index (κ2) is 5.40. The molecule has 0 amide bonds. The van der Waals surface area contributed by atoms with Crippen molar-refractivity contribution in [2.45, 2.75) is 0 Å². The molecule has 0 atom stereocenters. The minimum Gasteiger partial charge on any atom is -0.369 e. The van der Waals surface area contributed by atoms with E-state index in [0.717, 1.165) is 37.5 Å². The summed E-state index contributed by atoms with van der Waals surface area (Å²) in [5.41, 5.74) is 0.977. The normalized spacial score (nSPS) is 15.2. The van der Waals surface area contributed by atoms with Gasteiger partial charge in [-0.25, -0.2) is 9.78 Å². The molecule has 4 rings (SSSR count). The van der Waals surface area contributed by atoms with E-state index in [-0.39, 0.29) is 0 Å². The maximum atomic E-state index is 11.9. The number of aromatic amines is 1. The third-order valence-corrected chi connectivity index (χ3v) is 4.03. The number of aromatic nitrogens is 4. The summed E-state index contributed by atoms with van der Waals surface area (Å²) in [6.07, 6.45) is 4.97. The number of nitrogens with zero attached hydrogens (tertiary/aromatic N) is 4. The van der Waals surface area contributed by atoms with Gasteiger partial charge in [0.05, 0.1) is 6.20 Å². The van der Waals surface area contributed by atoms with Crippen LogP contribution in [0.5, 0.6) is 0 Å². The number of H-pyrrole nitrogens is 1. The average molecular weight is 312 g/mol. The fourth-order valence-electron chi connectivity index (χ4n) is 2.85. The van der Waals surface area contributed by atoms with Crippen molar-refractivity contribution in [3.8, 4) is 5.82 Å². The van der Waals surface area contributed by atoms with E-state index in [1.54, 1.807) is 6.20 Å². The molecule has 3 aromatic rings. The van der Waals surface area contributed by atoms with E-state index < -0.39 is 11.2 Å². The summed E-state index contributed by atoms with van der Waals surface area (Å²) in [6, 6.07) is 5.33. The Morgan fingerprint density at radius 3 is 2.70 bits per heavy atom. The van der Waals surface area contributed by atoms with E-state index in [0.29, 0.717) is 5.82 Å². The quantitative estimate of drug-likeness (QED) is 0.671. The lowest BCUT2D eigenvalue weighted by Crippen LogP contribution is -2.43. The molecule has 0 aromatic carbocycles. The van der Waals surface area contributed by atoms with Gasteiger partial charge in [-0.05, 0) is 6.07 Å². The number of nitrogens with one attached hydrogen (secondary N) is 2. The molecule has 8 nitrogen and oxygen atoms in total. The summed E-state index contributed by atoms with van der Waals surface area (Å²) in [4.78, 5) is 32.1. The van der Waals surface area contributed by atoms with Crippen molar-refractivity contribution < 1.29 is 0 Å². The van der Waals surface area contributed by atoms with Crippen molar-refractivity contribution in [1.82, 2.24) is 24.3 Å². The Labute approximate surface area is 131 Å². The van der Waals surface area contributed by atoms with Crippen molar-refractivity contribution in [2.75, 3.05) is 31.1 Å². The third-order valence-electron chi connectivity index (χ3n) is 4.03. The van der Waals surface area contributed by atoms with E-state index >= 15 is 0 Å². The molecule has 0 aliphatic carbocycles. The number of piperazine rings is 1. The molecule has 8 heteroatoms. The molecule has 0 unspecified atom stereocenters. The maximum absolute atomic E-state index is 11.9. The number of fused-ring (bicyclic) bond motifs is 1. The number of hydrogen-bond acceptors (Lipinski definition) is 5. The van der Waals surface area contributed by atoms with Gasteiger partial charge in [0.25, 0.3) is 5.56 Å². The Hall–Kier alpha value is -2.87. The molecule has 0 radical (unpaired) electrons. The Balaban J connectivity index is 1.78. The largest absolute Gasteiger partial charge is 0.369 e. The van der Waals surface area contributed by atoms with E-state index in [1.807, 2.05) is 22.7 Å². The van der Waals surface area contributed by atoms with Crippen molar-refractivity contribution in [3.63, 3.8) is 0 Å². The van der Waals surface area contributed by atoms with Crippen LogP contribution < -0.4 is 21.5 Å². The van der Waals surface area contributed by atoms with Crippen molar-refractivity contribution in [1.29, 1.82) is 0 Å². The highest BCUT2D eigenvalue weighted by atomic mass is 16.2. The van der Waals surface area contributed by atoms with E-state index in [1.165, 1.54) is 16.8 Å². The molecule has 0 bridgehead atoms. The minimum absolute atomic E-state index is 0.416. The van der Waals surface area contributed by atoms with E-state index in [9.17, 15) is 9.59 Å². The molecule has 1 aliphatic rings. The SMILES string of the molecule is O=c1ccn(-c2cnc3cc(N4CCNCC4)ccn23)c(=O)[nH]1. The summed E-state index contributed by atoms with van der Waals surface area (Å²) in [5.74, 6) is 0.591. The standard InChI is InChI=1S/C15H16N6O2/c22-13-2-6-21(15(23)18-13)14-10-17-12-9-11(1-5-20(12)14)19-7-3-16-4-8-19/h1-2,5-6,9-10,16H,3-4,7-8H2,(H,18,22,23). The van der Waals surface area contributed by atoms with Crippen LogP contribution in [0.25, 0.3) is 11.5 Å². The van der Waals surface area contributed by atoms with Crippen molar-refractivity contribution in [3.05, 3.63) is 57.6 Å².